The molecule has 13 heavy (non-hydrogen) atoms. The molecule has 2 aromatic heterocycles. The van der Waals surface area contributed by atoms with Gasteiger partial charge in [0.1, 0.15) is 5.65 Å². The molecule has 2 heterocycles. The summed E-state index contributed by atoms with van der Waals surface area (Å²) in [7, 11) is 0. The topological polar surface area (TPSA) is 54.6 Å². The Bertz CT molecular complexity index is 411. The summed E-state index contributed by atoms with van der Waals surface area (Å²) in [6.45, 7) is 0. The van der Waals surface area contributed by atoms with Gasteiger partial charge in [-0.1, -0.05) is 6.07 Å². The maximum absolute atomic E-state index is 10.5. The van der Waals surface area contributed by atoms with Crippen molar-refractivity contribution in [2.75, 3.05) is 0 Å². The van der Waals surface area contributed by atoms with Crippen LogP contribution in [0.25, 0.3) is 5.65 Å². The Kier molecular flexibility index (Phi) is 2.76. The maximum atomic E-state index is 10.5. The summed E-state index contributed by atoms with van der Waals surface area (Å²) in [6.07, 6.45) is 3.24. The van der Waals surface area contributed by atoms with Crippen LogP contribution in [0.5, 0.6) is 0 Å². The normalized spacial score (nSPS) is 9.54. The van der Waals surface area contributed by atoms with Gasteiger partial charge in [-0.2, -0.15) is 0 Å². The van der Waals surface area contributed by atoms with Crippen LogP contribution in [-0.2, 0) is 0 Å². The second kappa shape index (κ2) is 3.65. The molecule has 0 spiro atoms. The van der Waals surface area contributed by atoms with Gasteiger partial charge in [0.2, 0.25) is 0 Å². The molecule has 1 N–H and O–H groups in total. The van der Waals surface area contributed by atoms with Gasteiger partial charge in [-0.15, -0.1) is 0 Å². The van der Waals surface area contributed by atoms with Gasteiger partial charge in [0.05, 0.1) is 0 Å². The smallest absolute Gasteiger partial charge is 1.00 e. The molecule has 0 aromatic carbocycles. The Hall–Kier alpha value is -1.24. The fourth-order valence-corrected chi connectivity index (χ4v) is 1.04. The Labute approximate surface area is 87.9 Å². The van der Waals surface area contributed by atoms with E-state index in [4.69, 9.17) is 5.11 Å². The van der Waals surface area contributed by atoms with E-state index in [0.29, 0.717) is 5.65 Å². The Balaban J connectivity index is 0.000000845. The zero-order valence-corrected chi connectivity index (χ0v) is 7.14. The number of carboxylic acid groups (broad SMARTS) is 1. The minimum absolute atomic E-state index is 0. The van der Waals surface area contributed by atoms with Gasteiger partial charge >= 0.3 is 24.8 Å². The van der Waals surface area contributed by atoms with Crippen LogP contribution >= 0.6 is 0 Å². The quantitative estimate of drug-likeness (QED) is 0.511. The van der Waals surface area contributed by atoms with Crippen molar-refractivity contribution in [2.45, 2.75) is 0 Å². The number of pyridine rings is 1. The van der Waals surface area contributed by atoms with E-state index in [1.54, 1.807) is 16.7 Å². The standard InChI is InChI=1S/C8H6N2O2.Li.H/c11-8(12)6-5-10-4-2-1-3-7(10)9-6;;/h1-5H,(H,11,12);;/q;+1;-1. The maximum Gasteiger partial charge on any atom is 1.00 e. The number of carbonyl (C=O) groups is 1. The molecule has 0 fully saturated rings. The Morgan fingerprint density at radius 2 is 2.31 bits per heavy atom. The summed E-state index contributed by atoms with van der Waals surface area (Å²) in [6, 6.07) is 5.39. The van der Waals surface area contributed by atoms with E-state index in [1.807, 2.05) is 12.1 Å². The van der Waals surface area contributed by atoms with E-state index >= 15 is 0 Å². The fourth-order valence-electron chi connectivity index (χ4n) is 1.04. The van der Waals surface area contributed by atoms with Crippen molar-refractivity contribution in [1.29, 1.82) is 0 Å². The molecule has 0 aliphatic rings. The Morgan fingerprint density at radius 3 is 2.92 bits per heavy atom. The third-order valence-corrected chi connectivity index (χ3v) is 1.58. The number of rotatable bonds is 1. The molecule has 0 bridgehead atoms. The second-order valence-electron chi connectivity index (χ2n) is 2.40. The van der Waals surface area contributed by atoms with Gasteiger partial charge in [0.25, 0.3) is 0 Å². The summed E-state index contributed by atoms with van der Waals surface area (Å²) >= 11 is 0. The van der Waals surface area contributed by atoms with Crippen LogP contribution < -0.4 is 18.9 Å². The van der Waals surface area contributed by atoms with E-state index in [-0.39, 0.29) is 26.0 Å². The number of aromatic nitrogens is 2. The van der Waals surface area contributed by atoms with Gasteiger partial charge in [-0.3, -0.25) is 0 Å². The number of carboxylic acids is 1. The minimum Gasteiger partial charge on any atom is -1.00 e. The molecule has 0 saturated heterocycles. The number of hydrogen-bond donors (Lipinski definition) is 1. The van der Waals surface area contributed by atoms with Gasteiger partial charge < -0.3 is 10.9 Å². The molecule has 2 rings (SSSR count). The monoisotopic (exact) mass is 170 g/mol. The third-order valence-electron chi connectivity index (χ3n) is 1.58. The van der Waals surface area contributed by atoms with E-state index in [1.165, 1.54) is 6.20 Å². The van der Waals surface area contributed by atoms with E-state index < -0.39 is 5.97 Å². The van der Waals surface area contributed by atoms with Crippen molar-refractivity contribution in [1.82, 2.24) is 9.38 Å². The first-order valence-electron chi connectivity index (χ1n) is 3.44. The molecule has 5 heteroatoms. The van der Waals surface area contributed by atoms with Crippen LogP contribution in [0.1, 0.15) is 11.9 Å². The zero-order valence-electron chi connectivity index (χ0n) is 8.14. The van der Waals surface area contributed by atoms with Crippen molar-refractivity contribution in [3.8, 4) is 0 Å². The molecule has 0 unspecified atom stereocenters. The third kappa shape index (κ3) is 1.74. The molecule has 0 amide bonds. The average molecular weight is 170 g/mol. The van der Waals surface area contributed by atoms with E-state index in [9.17, 15) is 4.79 Å². The van der Waals surface area contributed by atoms with E-state index in [0.717, 1.165) is 0 Å². The van der Waals surface area contributed by atoms with Crippen molar-refractivity contribution in [3.05, 3.63) is 36.3 Å². The number of nitrogens with zero attached hydrogens (tertiary/aromatic N) is 2. The van der Waals surface area contributed by atoms with Crippen molar-refractivity contribution in [3.63, 3.8) is 0 Å². The summed E-state index contributed by atoms with van der Waals surface area (Å²) in [5, 5.41) is 8.61. The molecule has 4 nitrogen and oxygen atoms in total. The van der Waals surface area contributed by atoms with Gasteiger partial charge in [-0.05, 0) is 12.1 Å². The summed E-state index contributed by atoms with van der Waals surface area (Å²) in [5.41, 5.74) is 0.719. The predicted octanol–water partition coefficient (Wildman–Crippen LogP) is -1.85. The number of aromatic carboxylic acids is 1. The molecule has 62 valence electrons. The summed E-state index contributed by atoms with van der Waals surface area (Å²) in [4.78, 5) is 14.4. The fraction of sp³-hybridized carbons (Fsp3) is 0. The van der Waals surface area contributed by atoms with Crippen molar-refractivity contribution < 1.29 is 30.2 Å². The predicted molar refractivity (Wildman–Crippen MR) is 43.3 cm³/mol. The summed E-state index contributed by atoms with van der Waals surface area (Å²) in [5.74, 6) is -1.00. The molecule has 0 aliphatic heterocycles. The van der Waals surface area contributed by atoms with Crippen LogP contribution in [0.2, 0.25) is 0 Å². The summed E-state index contributed by atoms with van der Waals surface area (Å²) < 4.78 is 1.67. The molecule has 0 atom stereocenters. The molecule has 2 aromatic rings. The van der Waals surface area contributed by atoms with Crippen molar-refractivity contribution in [2.24, 2.45) is 0 Å². The molecular formula is C8H7LiN2O2. The first kappa shape index (κ1) is 9.84. The van der Waals surface area contributed by atoms with Crippen LogP contribution in [0.3, 0.4) is 0 Å². The first-order chi connectivity index (χ1) is 5.77. The second-order valence-corrected chi connectivity index (χ2v) is 2.40. The van der Waals surface area contributed by atoms with E-state index in [2.05, 4.69) is 4.98 Å². The first-order valence-corrected chi connectivity index (χ1v) is 3.44. The zero-order chi connectivity index (χ0) is 8.55. The molecule has 0 saturated carbocycles. The van der Waals surface area contributed by atoms with Gasteiger partial charge in [-0.25, -0.2) is 9.78 Å². The van der Waals surface area contributed by atoms with Gasteiger partial charge in [0.15, 0.2) is 5.69 Å². The largest absolute Gasteiger partial charge is 1.00 e. The minimum atomic E-state index is -1.00. The molecular weight excluding hydrogens is 163 g/mol. The van der Waals surface area contributed by atoms with Crippen LogP contribution in [0.4, 0.5) is 0 Å². The SMILES string of the molecule is O=C(O)c1cn2ccccc2n1.[H-].[Li+]. The van der Waals surface area contributed by atoms with Crippen LogP contribution in [-0.4, -0.2) is 20.5 Å². The number of imidazole rings is 1. The number of hydrogen-bond acceptors (Lipinski definition) is 2. The Morgan fingerprint density at radius 1 is 1.54 bits per heavy atom. The van der Waals surface area contributed by atoms with Crippen molar-refractivity contribution >= 4 is 11.6 Å². The van der Waals surface area contributed by atoms with Crippen LogP contribution in [0, 0.1) is 0 Å². The number of fused-ring (bicyclic) bond motifs is 1. The van der Waals surface area contributed by atoms with Crippen LogP contribution in [0.15, 0.2) is 30.6 Å². The average Bonchev–Trinajstić information content (AvgIpc) is 2.46. The van der Waals surface area contributed by atoms with Gasteiger partial charge in [0, 0.05) is 12.4 Å². The molecule has 0 radical (unpaired) electrons. The molecule has 0 aliphatic carbocycles.